The maximum atomic E-state index is 13.4. The molecule has 1 aliphatic heterocycles. The maximum Gasteiger partial charge on any atom is 0.163 e. The number of ketones is 1. The molecule has 1 atom stereocenters. The lowest BCUT2D eigenvalue weighted by Gasteiger charge is -2.38. The summed E-state index contributed by atoms with van der Waals surface area (Å²) in [7, 11) is 0. The Balaban J connectivity index is 1.93. The highest BCUT2D eigenvalue weighted by atomic mass is 19.1. The van der Waals surface area contributed by atoms with Crippen molar-refractivity contribution in [3.8, 4) is 6.07 Å². The van der Waals surface area contributed by atoms with Crippen molar-refractivity contribution in [3.63, 3.8) is 0 Å². The van der Waals surface area contributed by atoms with Crippen molar-refractivity contribution in [2.24, 2.45) is 5.41 Å². The van der Waals surface area contributed by atoms with Gasteiger partial charge < -0.3 is 5.32 Å². The lowest BCUT2D eigenvalue weighted by Crippen LogP contribution is -2.36. The summed E-state index contributed by atoms with van der Waals surface area (Å²) in [4.78, 5) is 12.9. The van der Waals surface area contributed by atoms with Crippen molar-refractivity contribution in [2.75, 3.05) is 5.32 Å². The number of benzene rings is 1. The molecule has 1 N–H and O–H groups in total. The van der Waals surface area contributed by atoms with E-state index in [0.717, 1.165) is 11.3 Å². The molecule has 1 aromatic carbocycles. The third-order valence-electron chi connectivity index (χ3n) is 4.81. The number of Topliss-reactive ketones (excluding diaryl/α,β-unsaturated/α-hetero) is 1. The van der Waals surface area contributed by atoms with E-state index in [9.17, 15) is 14.4 Å². The fourth-order valence-corrected chi connectivity index (χ4v) is 3.75. The van der Waals surface area contributed by atoms with Crippen LogP contribution in [-0.2, 0) is 4.79 Å². The average Bonchev–Trinajstić information content (AvgIpc) is 2.95. The number of nitriles is 1. The quantitative estimate of drug-likeness (QED) is 0.864. The molecule has 2 aromatic rings. The van der Waals surface area contributed by atoms with Crippen LogP contribution in [0.2, 0.25) is 0 Å². The summed E-state index contributed by atoms with van der Waals surface area (Å²) in [6.45, 7) is 4.11. The predicted octanol–water partition coefficient (Wildman–Crippen LogP) is 3.55. The Hall–Kier alpha value is -2.94. The second-order valence-corrected chi connectivity index (χ2v) is 7.38. The molecule has 5 nitrogen and oxygen atoms in total. The normalized spacial score (nSPS) is 21.2. The van der Waals surface area contributed by atoms with Crippen LogP contribution in [0.25, 0.3) is 0 Å². The summed E-state index contributed by atoms with van der Waals surface area (Å²) in [5, 5.41) is 16.9. The number of anilines is 1. The number of halogens is 1. The second-order valence-electron chi connectivity index (χ2n) is 7.38. The number of fused-ring (bicyclic) bond motifs is 1. The highest BCUT2D eigenvalue weighted by Gasteiger charge is 2.41. The molecule has 4 rings (SSSR count). The van der Waals surface area contributed by atoms with Crippen molar-refractivity contribution in [1.82, 2.24) is 9.78 Å². The number of hydrogen-bond donors (Lipinski definition) is 1. The van der Waals surface area contributed by atoms with Crippen LogP contribution in [0, 0.1) is 22.6 Å². The van der Waals surface area contributed by atoms with Gasteiger partial charge in [0.1, 0.15) is 29.3 Å². The van der Waals surface area contributed by atoms with E-state index < -0.39 is 6.04 Å². The first kappa shape index (κ1) is 15.6. The molecule has 0 spiro atoms. The van der Waals surface area contributed by atoms with Crippen LogP contribution in [0.3, 0.4) is 0 Å². The van der Waals surface area contributed by atoms with Crippen LogP contribution in [0.1, 0.15) is 43.9 Å². The lowest BCUT2D eigenvalue weighted by molar-refractivity contribution is -0.118. The molecule has 0 radical (unpaired) electrons. The first-order chi connectivity index (χ1) is 11.9. The summed E-state index contributed by atoms with van der Waals surface area (Å²) in [6.07, 6.45) is 2.65. The number of carbonyl (C=O) groups is 1. The second kappa shape index (κ2) is 5.28. The Bertz CT molecular complexity index is 947. The van der Waals surface area contributed by atoms with Crippen molar-refractivity contribution in [1.29, 1.82) is 5.26 Å². The zero-order valence-electron chi connectivity index (χ0n) is 14.0. The van der Waals surface area contributed by atoms with Gasteiger partial charge in [0.05, 0.1) is 6.20 Å². The number of carbonyl (C=O) groups excluding carboxylic acids is 1. The van der Waals surface area contributed by atoms with Gasteiger partial charge in [0, 0.05) is 17.7 Å². The minimum Gasteiger partial charge on any atom is -0.342 e. The zero-order chi connectivity index (χ0) is 17.8. The molecule has 126 valence electrons. The standard InChI is InChI=1S/C19H17FN4O/c1-19(2)7-14-16(15(25)8-19)17(11-3-5-13(20)6-4-11)24-18(23-14)12(9-21)10-22-24/h3-6,10,17,23H,7-8H2,1-2H3/t17-/m1/s1. The third-order valence-corrected chi connectivity index (χ3v) is 4.81. The maximum absolute atomic E-state index is 13.4. The van der Waals surface area contributed by atoms with E-state index in [0.29, 0.717) is 29.8 Å². The molecular weight excluding hydrogens is 319 g/mol. The molecular formula is C19H17FN4O. The summed E-state index contributed by atoms with van der Waals surface area (Å²) in [6, 6.07) is 7.77. The molecule has 2 aliphatic rings. The Morgan fingerprint density at radius 3 is 2.72 bits per heavy atom. The van der Waals surface area contributed by atoms with Gasteiger partial charge in [0.2, 0.25) is 0 Å². The molecule has 0 saturated heterocycles. The van der Waals surface area contributed by atoms with E-state index in [1.54, 1.807) is 16.8 Å². The van der Waals surface area contributed by atoms with Gasteiger partial charge in [-0.05, 0) is 29.5 Å². The SMILES string of the molecule is CC1(C)CC(=O)C2=C(C1)Nc1c(C#N)cnn1[C@@H]2c1ccc(F)cc1. The fraction of sp³-hybridized carbons (Fsp3) is 0.316. The Labute approximate surface area is 144 Å². The molecule has 0 amide bonds. The number of rotatable bonds is 1. The first-order valence-electron chi connectivity index (χ1n) is 8.16. The summed E-state index contributed by atoms with van der Waals surface area (Å²) in [5.74, 6) is 0.315. The van der Waals surface area contributed by atoms with Crippen molar-refractivity contribution in [3.05, 3.63) is 58.7 Å². The molecule has 25 heavy (non-hydrogen) atoms. The molecule has 1 aromatic heterocycles. The Kier molecular flexibility index (Phi) is 3.29. The van der Waals surface area contributed by atoms with Gasteiger partial charge in [-0.1, -0.05) is 26.0 Å². The highest BCUT2D eigenvalue weighted by molar-refractivity contribution is 6.00. The zero-order valence-corrected chi connectivity index (χ0v) is 14.0. The van der Waals surface area contributed by atoms with Crippen molar-refractivity contribution < 1.29 is 9.18 Å². The molecule has 0 bridgehead atoms. The smallest absolute Gasteiger partial charge is 0.163 e. The van der Waals surface area contributed by atoms with E-state index >= 15 is 0 Å². The van der Waals surface area contributed by atoms with Gasteiger partial charge in [0.25, 0.3) is 0 Å². The Morgan fingerprint density at radius 2 is 2.04 bits per heavy atom. The van der Waals surface area contributed by atoms with Gasteiger partial charge >= 0.3 is 0 Å². The van der Waals surface area contributed by atoms with Gasteiger partial charge in [-0.2, -0.15) is 10.4 Å². The monoisotopic (exact) mass is 336 g/mol. The van der Waals surface area contributed by atoms with Crippen LogP contribution in [0.5, 0.6) is 0 Å². The van der Waals surface area contributed by atoms with Crippen LogP contribution in [-0.4, -0.2) is 15.6 Å². The average molecular weight is 336 g/mol. The number of hydrogen-bond acceptors (Lipinski definition) is 4. The molecule has 0 unspecified atom stereocenters. The summed E-state index contributed by atoms with van der Waals surface area (Å²) < 4.78 is 15.0. The van der Waals surface area contributed by atoms with E-state index in [1.807, 2.05) is 0 Å². The highest BCUT2D eigenvalue weighted by Crippen LogP contribution is 2.46. The van der Waals surface area contributed by atoms with Crippen LogP contribution in [0.4, 0.5) is 10.2 Å². The summed E-state index contributed by atoms with van der Waals surface area (Å²) >= 11 is 0. The largest absolute Gasteiger partial charge is 0.342 e. The van der Waals surface area contributed by atoms with Crippen molar-refractivity contribution in [2.45, 2.75) is 32.7 Å². The molecule has 0 fully saturated rings. The van der Waals surface area contributed by atoms with Gasteiger partial charge in [0.15, 0.2) is 5.78 Å². The predicted molar refractivity (Wildman–Crippen MR) is 90.2 cm³/mol. The van der Waals surface area contributed by atoms with Crippen LogP contribution in [0.15, 0.2) is 41.7 Å². The molecule has 1 aliphatic carbocycles. The topological polar surface area (TPSA) is 70.7 Å². The third kappa shape index (κ3) is 2.43. The lowest BCUT2D eigenvalue weighted by atomic mass is 9.73. The Morgan fingerprint density at radius 1 is 1.32 bits per heavy atom. The van der Waals surface area contributed by atoms with Gasteiger partial charge in [-0.3, -0.25) is 4.79 Å². The van der Waals surface area contributed by atoms with E-state index in [4.69, 9.17) is 0 Å². The minimum absolute atomic E-state index is 0.0627. The number of aromatic nitrogens is 2. The number of allylic oxidation sites excluding steroid dienone is 2. The molecule has 0 saturated carbocycles. The fourth-order valence-electron chi connectivity index (χ4n) is 3.75. The van der Waals surface area contributed by atoms with Gasteiger partial charge in [-0.15, -0.1) is 0 Å². The minimum atomic E-state index is -0.447. The molecule has 2 heterocycles. The van der Waals surface area contributed by atoms with E-state index in [-0.39, 0.29) is 17.0 Å². The van der Waals surface area contributed by atoms with Crippen molar-refractivity contribution >= 4 is 11.6 Å². The van der Waals surface area contributed by atoms with Gasteiger partial charge in [-0.25, -0.2) is 9.07 Å². The summed E-state index contributed by atoms with van der Waals surface area (Å²) in [5.41, 5.74) is 2.54. The number of nitrogens with zero attached hydrogens (tertiary/aromatic N) is 3. The van der Waals surface area contributed by atoms with E-state index in [2.05, 4.69) is 30.3 Å². The van der Waals surface area contributed by atoms with Crippen LogP contribution < -0.4 is 5.32 Å². The first-order valence-corrected chi connectivity index (χ1v) is 8.16. The molecule has 6 heteroatoms. The van der Waals surface area contributed by atoms with E-state index in [1.165, 1.54) is 18.3 Å². The van der Waals surface area contributed by atoms with Crippen LogP contribution >= 0.6 is 0 Å². The number of nitrogens with one attached hydrogen (secondary N) is 1.